The average Bonchev–Trinajstić information content (AvgIpc) is 3.25. The van der Waals surface area contributed by atoms with Gasteiger partial charge in [-0.25, -0.2) is 0 Å². The van der Waals surface area contributed by atoms with Gasteiger partial charge < -0.3 is 15.7 Å². The van der Waals surface area contributed by atoms with Gasteiger partial charge in [-0.2, -0.15) is 0 Å². The SMILES string of the molecule is Cc1ccc(NC(=O)C(=O)NC[C@@](C)(O)C2CC2)cc1C. The van der Waals surface area contributed by atoms with Crippen molar-refractivity contribution in [2.75, 3.05) is 11.9 Å². The van der Waals surface area contributed by atoms with Crippen LogP contribution >= 0.6 is 0 Å². The molecule has 1 aliphatic carbocycles. The minimum absolute atomic E-state index is 0.0941. The summed E-state index contributed by atoms with van der Waals surface area (Å²) in [6.07, 6.45) is 1.94. The molecule has 0 aromatic heterocycles. The van der Waals surface area contributed by atoms with Gasteiger partial charge in [-0.1, -0.05) is 6.07 Å². The van der Waals surface area contributed by atoms with Gasteiger partial charge in [0.05, 0.1) is 5.60 Å². The van der Waals surface area contributed by atoms with Crippen LogP contribution in [0.3, 0.4) is 0 Å². The fourth-order valence-corrected chi connectivity index (χ4v) is 2.20. The summed E-state index contributed by atoms with van der Waals surface area (Å²) in [4.78, 5) is 23.6. The summed E-state index contributed by atoms with van der Waals surface area (Å²) in [6.45, 7) is 5.70. The highest BCUT2D eigenvalue weighted by molar-refractivity contribution is 6.39. The van der Waals surface area contributed by atoms with Gasteiger partial charge in [-0.05, 0) is 62.8 Å². The molecule has 3 N–H and O–H groups in total. The normalized spacial score (nSPS) is 17.0. The lowest BCUT2D eigenvalue weighted by atomic mass is 10.0. The second kappa shape index (κ2) is 5.85. The fourth-order valence-electron chi connectivity index (χ4n) is 2.20. The van der Waals surface area contributed by atoms with Gasteiger partial charge >= 0.3 is 11.8 Å². The number of carbonyl (C=O) groups excluding carboxylic acids is 2. The Labute approximate surface area is 124 Å². The molecule has 0 heterocycles. The smallest absolute Gasteiger partial charge is 0.313 e. The van der Waals surface area contributed by atoms with E-state index < -0.39 is 17.4 Å². The lowest BCUT2D eigenvalue weighted by Gasteiger charge is -2.22. The maximum Gasteiger partial charge on any atom is 0.313 e. The zero-order valence-corrected chi connectivity index (χ0v) is 12.7. The maximum absolute atomic E-state index is 11.8. The van der Waals surface area contributed by atoms with Crippen LogP contribution in [0, 0.1) is 19.8 Å². The Morgan fingerprint density at radius 1 is 1.24 bits per heavy atom. The van der Waals surface area contributed by atoms with Crippen molar-refractivity contribution in [3.63, 3.8) is 0 Å². The van der Waals surface area contributed by atoms with Crippen LogP contribution in [0.1, 0.15) is 30.9 Å². The molecule has 5 nitrogen and oxygen atoms in total. The van der Waals surface area contributed by atoms with E-state index in [9.17, 15) is 14.7 Å². The molecule has 1 fully saturated rings. The summed E-state index contributed by atoms with van der Waals surface area (Å²) in [5.74, 6) is -1.22. The zero-order chi connectivity index (χ0) is 15.6. The van der Waals surface area contributed by atoms with E-state index >= 15 is 0 Å². The summed E-state index contributed by atoms with van der Waals surface area (Å²) in [6, 6.07) is 5.47. The monoisotopic (exact) mass is 290 g/mol. The van der Waals surface area contributed by atoms with Crippen molar-refractivity contribution < 1.29 is 14.7 Å². The molecule has 114 valence electrons. The molecule has 21 heavy (non-hydrogen) atoms. The van der Waals surface area contributed by atoms with Crippen LogP contribution < -0.4 is 10.6 Å². The molecule has 0 saturated heterocycles. The third-order valence-corrected chi connectivity index (χ3v) is 4.03. The second-order valence-corrected chi connectivity index (χ2v) is 6.07. The predicted molar refractivity (Wildman–Crippen MR) is 80.9 cm³/mol. The Hall–Kier alpha value is -1.88. The molecule has 2 amide bonds. The third kappa shape index (κ3) is 4.04. The topological polar surface area (TPSA) is 78.4 Å². The molecule has 0 aliphatic heterocycles. The number of benzene rings is 1. The van der Waals surface area contributed by atoms with Crippen LogP contribution in [-0.4, -0.2) is 29.1 Å². The molecule has 1 aromatic carbocycles. The highest BCUT2D eigenvalue weighted by atomic mass is 16.3. The van der Waals surface area contributed by atoms with Crippen molar-refractivity contribution in [3.8, 4) is 0 Å². The minimum Gasteiger partial charge on any atom is -0.388 e. The molecular formula is C16H22N2O3. The van der Waals surface area contributed by atoms with Crippen LogP contribution in [0.5, 0.6) is 0 Å². The van der Waals surface area contributed by atoms with Gasteiger partial charge in [0.15, 0.2) is 0 Å². The second-order valence-electron chi connectivity index (χ2n) is 6.07. The molecule has 0 bridgehead atoms. The van der Waals surface area contributed by atoms with Gasteiger partial charge in [0, 0.05) is 12.2 Å². The summed E-state index contributed by atoms with van der Waals surface area (Å²) in [7, 11) is 0. The number of hydrogen-bond donors (Lipinski definition) is 3. The van der Waals surface area contributed by atoms with E-state index in [4.69, 9.17) is 0 Å². The van der Waals surface area contributed by atoms with Gasteiger partial charge in [0.1, 0.15) is 0 Å². The van der Waals surface area contributed by atoms with E-state index in [1.807, 2.05) is 26.0 Å². The number of aliphatic hydroxyl groups is 1. The van der Waals surface area contributed by atoms with Crippen LogP contribution in [0.2, 0.25) is 0 Å². The van der Waals surface area contributed by atoms with Gasteiger partial charge in [0.2, 0.25) is 0 Å². The number of carbonyl (C=O) groups is 2. The van der Waals surface area contributed by atoms with Crippen LogP contribution in [0.15, 0.2) is 18.2 Å². The van der Waals surface area contributed by atoms with Crippen LogP contribution in [0.4, 0.5) is 5.69 Å². The molecule has 2 rings (SSSR count). The largest absolute Gasteiger partial charge is 0.388 e. The van der Waals surface area contributed by atoms with E-state index in [0.29, 0.717) is 5.69 Å². The summed E-state index contributed by atoms with van der Waals surface area (Å²) >= 11 is 0. The maximum atomic E-state index is 11.8. The number of anilines is 1. The molecule has 5 heteroatoms. The fraction of sp³-hybridized carbons (Fsp3) is 0.500. The lowest BCUT2D eigenvalue weighted by Crippen LogP contribution is -2.45. The van der Waals surface area contributed by atoms with E-state index in [1.165, 1.54) is 0 Å². The summed E-state index contributed by atoms with van der Waals surface area (Å²) in [5, 5.41) is 15.1. The Bertz CT molecular complexity index is 563. The number of amides is 2. The Morgan fingerprint density at radius 3 is 2.48 bits per heavy atom. The molecule has 1 atom stereocenters. The van der Waals surface area contributed by atoms with Crippen molar-refractivity contribution in [3.05, 3.63) is 29.3 Å². The number of aryl methyl sites for hydroxylation is 2. The first-order valence-electron chi connectivity index (χ1n) is 7.18. The molecule has 0 radical (unpaired) electrons. The Balaban J connectivity index is 1.87. The highest BCUT2D eigenvalue weighted by Gasteiger charge is 2.40. The zero-order valence-electron chi connectivity index (χ0n) is 12.7. The molecule has 1 aromatic rings. The van der Waals surface area contributed by atoms with Crippen molar-refractivity contribution >= 4 is 17.5 Å². The summed E-state index contributed by atoms with van der Waals surface area (Å²) < 4.78 is 0. The van der Waals surface area contributed by atoms with Crippen molar-refractivity contribution in [2.24, 2.45) is 5.92 Å². The van der Waals surface area contributed by atoms with E-state index in [1.54, 1.807) is 13.0 Å². The lowest BCUT2D eigenvalue weighted by molar-refractivity contribution is -0.136. The number of hydrogen-bond acceptors (Lipinski definition) is 3. The Morgan fingerprint density at radius 2 is 1.90 bits per heavy atom. The van der Waals surface area contributed by atoms with E-state index in [-0.39, 0.29) is 12.5 Å². The quantitative estimate of drug-likeness (QED) is 0.736. The highest BCUT2D eigenvalue weighted by Crippen LogP contribution is 2.38. The van der Waals surface area contributed by atoms with Gasteiger partial charge in [-0.15, -0.1) is 0 Å². The first-order chi connectivity index (χ1) is 9.79. The van der Waals surface area contributed by atoms with Gasteiger partial charge in [0.25, 0.3) is 0 Å². The number of rotatable bonds is 4. The predicted octanol–water partition coefficient (Wildman–Crippen LogP) is 1.52. The molecule has 0 spiro atoms. The summed E-state index contributed by atoms with van der Waals surface area (Å²) in [5.41, 5.74) is 1.83. The van der Waals surface area contributed by atoms with Crippen LogP contribution in [-0.2, 0) is 9.59 Å². The van der Waals surface area contributed by atoms with Gasteiger partial charge in [-0.3, -0.25) is 9.59 Å². The first-order valence-corrected chi connectivity index (χ1v) is 7.18. The molecule has 1 saturated carbocycles. The molecular weight excluding hydrogens is 268 g/mol. The Kier molecular flexibility index (Phi) is 4.32. The molecule has 0 unspecified atom stereocenters. The van der Waals surface area contributed by atoms with Crippen LogP contribution in [0.25, 0.3) is 0 Å². The van der Waals surface area contributed by atoms with E-state index in [0.717, 1.165) is 24.0 Å². The third-order valence-electron chi connectivity index (χ3n) is 4.03. The first kappa shape index (κ1) is 15.5. The van der Waals surface area contributed by atoms with Crippen molar-refractivity contribution in [2.45, 2.75) is 39.2 Å². The number of nitrogens with one attached hydrogen (secondary N) is 2. The average molecular weight is 290 g/mol. The van der Waals surface area contributed by atoms with Crippen molar-refractivity contribution in [1.29, 1.82) is 0 Å². The van der Waals surface area contributed by atoms with Crippen molar-refractivity contribution in [1.82, 2.24) is 5.32 Å². The van der Waals surface area contributed by atoms with E-state index in [2.05, 4.69) is 10.6 Å². The minimum atomic E-state index is -0.934. The molecule has 1 aliphatic rings. The standard InChI is InChI=1S/C16H22N2O3/c1-10-4-7-13(8-11(10)2)18-15(20)14(19)17-9-16(3,21)12-5-6-12/h4,7-8,12,21H,5-6,9H2,1-3H3,(H,17,19)(H,18,20)/t16-/m1/s1.